The van der Waals surface area contributed by atoms with Crippen molar-refractivity contribution < 1.29 is 23.1 Å². The first-order valence-corrected chi connectivity index (χ1v) is 10.0. The van der Waals surface area contributed by atoms with Gasteiger partial charge in [0.2, 0.25) is 5.91 Å². The first-order valence-electron chi connectivity index (χ1n) is 9.12. The standard InChI is InChI=1S/C22H20F2N2O3S/c1-12-7-13(2)20(14(3)8-12)26(15(4)27)22-25-17(11-30-22)10-29-21(28)18-6-5-16(23)9-19(18)24/h5-9,11H,10H2,1-4H3. The van der Waals surface area contributed by atoms with Crippen LogP contribution in [0.4, 0.5) is 19.6 Å². The Balaban J connectivity index is 1.80. The molecule has 8 heteroatoms. The van der Waals surface area contributed by atoms with Gasteiger partial charge in [0, 0.05) is 18.4 Å². The number of anilines is 2. The number of nitrogens with zero attached hydrogens (tertiary/aromatic N) is 2. The second-order valence-corrected chi connectivity index (χ2v) is 7.76. The van der Waals surface area contributed by atoms with Crippen LogP contribution < -0.4 is 4.90 Å². The average molecular weight is 430 g/mol. The number of hydrogen-bond donors (Lipinski definition) is 0. The number of rotatable bonds is 5. The lowest BCUT2D eigenvalue weighted by molar-refractivity contribution is -0.115. The third-order valence-corrected chi connectivity index (χ3v) is 5.28. The second kappa shape index (κ2) is 8.71. The summed E-state index contributed by atoms with van der Waals surface area (Å²) in [6, 6.07) is 6.61. The molecule has 0 aliphatic rings. The highest BCUT2D eigenvalue weighted by Gasteiger charge is 2.22. The number of ether oxygens (including phenoxy) is 1. The van der Waals surface area contributed by atoms with E-state index in [-0.39, 0.29) is 18.1 Å². The van der Waals surface area contributed by atoms with E-state index in [1.54, 1.807) is 5.38 Å². The maximum absolute atomic E-state index is 13.7. The van der Waals surface area contributed by atoms with Crippen LogP contribution in [0.2, 0.25) is 0 Å². The van der Waals surface area contributed by atoms with Gasteiger partial charge in [-0.3, -0.25) is 9.69 Å². The molecule has 0 spiro atoms. The third-order valence-electron chi connectivity index (χ3n) is 4.41. The summed E-state index contributed by atoms with van der Waals surface area (Å²) in [5, 5.41) is 2.11. The van der Waals surface area contributed by atoms with Gasteiger partial charge in [-0.15, -0.1) is 11.3 Å². The zero-order valence-corrected chi connectivity index (χ0v) is 17.8. The second-order valence-electron chi connectivity index (χ2n) is 6.92. The molecular weight excluding hydrogens is 410 g/mol. The lowest BCUT2D eigenvalue weighted by Crippen LogP contribution is -2.24. The van der Waals surface area contributed by atoms with E-state index in [2.05, 4.69) is 4.98 Å². The minimum Gasteiger partial charge on any atom is -0.455 e. The number of carbonyl (C=O) groups excluding carboxylic acids is 2. The van der Waals surface area contributed by atoms with Crippen molar-refractivity contribution in [3.05, 3.63) is 75.3 Å². The number of esters is 1. The highest BCUT2D eigenvalue weighted by Crippen LogP contribution is 2.34. The Morgan fingerprint density at radius 1 is 1.10 bits per heavy atom. The van der Waals surface area contributed by atoms with Gasteiger partial charge in [0.15, 0.2) is 5.13 Å². The molecule has 0 atom stereocenters. The van der Waals surface area contributed by atoms with Crippen LogP contribution in [-0.4, -0.2) is 16.9 Å². The highest BCUT2D eigenvalue weighted by atomic mass is 32.1. The highest BCUT2D eigenvalue weighted by molar-refractivity contribution is 7.14. The van der Waals surface area contributed by atoms with Crippen molar-refractivity contribution in [3.8, 4) is 0 Å². The summed E-state index contributed by atoms with van der Waals surface area (Å²) in [7, 11) is 0. The Morgan fingerprint density at radius 2 is 1.77 bits per heavy atom. The van der Waals surface area contributed by atoms with Gasteiger partial charge in [-0.05, 0) is 44.0 Å². The van der Waals surface area contributed by atoms with Crippen molar-refractivity contribution in [3.63, 3.8) is 0 Å². The molecule has 5 nitrogen and oxygen atoms in total. The summed E-state index contributed by atoms with van der Waals surface area (Å²) in [5.74, 6) is -2.89. The van der Waals surface area contributed by atoms with Crippen molar-refractivity contribution in [2.45, 2.75) is 34.3 Å². The van der Waals surface area contributed by atoms with Crippen LogP contribution >= 0.6 is 11.3 Å². The molecule has 2 aromatic carbocycles. The molecule has 0 unspecified atom stereocenters. The monoisotopic (exact) mass is 430 g/mol. The molecule has 0 aliphatic carbocycles. The quantitative estimate of drug-likeness (QED) is 0.510. The number of benzene rings is 2. The predicted molar refractivity (Wildman–Crippen MR) is 111 cm³/mol. The van der Waals surface area contributed by atoms with E-state index in [1.807, 2.05) is 32.9 Å². The van der Waals surface area contributed by atoms with Gasteiger partial charge < -0.3 is 4.74 Å². The van der Waals surface area contributed by atoms with Crippen LogP contribution in [0.5, 0.6) is 0 Å². The molecule has 30 heavy (non-hydrogen) atoms. The molecule has 0 saturated carbocycles. The molecule has 1 amide bonds. The molecule has 3 rings (SSSR count). The maximum atomic E-state index is 13.7. The zero-order chi connectivity index (χ0) is 22.0. The number of aromatic nitrogens is 1. The van der Waals surface area contributed by atoms with Crippen molar-refractivity contribution in [1.82, 2.24) is 4.98 Å². The van der Waals surface area contributed by atoms with E-state index in [4.69, 9.17) is 4.74 Å². The van der Waals surface area contributed by atoms with E-state index in [9.17, 15) is 18.4 Å². The fourth-order valence-corrected chi connectivity index (χ4v) is 4.11. The Morgan fingerprint density at radius 3 is 2.37 bits per heavy atom. The number of hydrogen-bond acceptors (Lipinski definition) is 5. The first-order chi connectivity index (χ1) is 14.2. The molecule has 1 heterocycles. The van der Waals surface area contributed by atoms with Crippen LogP contribution in [0.1, 0.15) is 39.7 Å². The normalized spacial score (nSPS) is 10.7. The zero-order valence-electron chi connectivity index (χ0n) is 17.0. The van der Waals surface area contributed by atoms with E-state index in [1.165, 1.54) is 23.2 Å². The van der Waals surface area contributed by atoms with Crippen LogP contribution in [-0.2, 0) is 16.1 Å². The van der Waals surface area contributed by atoms with Crippen LogP contribution in [0.3, 0.4) is 0 Å². The number of halogens is 2. The summed E-state index contributed by atoms with van der Waals surface area (Å²) < 4.78 is 31.8. The molecule has 156 valence electrons. The fraction of sp³-hybridized carbons (Fsp3) is 0.227. The minimum absolute atomic E-state index is 0.198. The van der Waals surface area contributed by atoms with Crippen molar-refractivity contribution >= 4 is 34.0 Å². The lowest BCUT2D eigenvalue weighted by atomic mass is 10.0. The molecular formula is C22H20F2N2O3S. The van der Waals surface area contributed by atoms with Crippen LogP contribution in [0, 0.1) is 32.4 Å². The molecule has 0 radical (unpaired) electrons. The summed E-state index contributed by atoms with van der Waals surface area (Å²) in [6.45, 7) is 7.10. The average Bonchev–Trinajstić information content (AvgIpc) is 3.10. The molecule has 3 aromatic rings. The Kier molecular flexibility index (Phi) is 6.26. The number of thiazole rings is 1. The summed E-state index contributed by atoms with van der Waals surface area (Å²) >= 11 is 1.23. The molecule has 0 bridgehead atoms. The fourth-order valence-electron chi connectivity index (χ4n) is 3.25. The van der Waals surface area contributed by atoms with Gasteiger partial charge in [0.25, 0.3) is 0 Å². The van der Waals surface area contributed by atoms with Gasteiger partial charge in [-0.2, -0.15) is 0 Å². The van der Waals surface area contributed by atoms with E-state index in [0.29, 0.717) is 16.9 Å². The molecule has 1 aromatic heterocycles. The lowest BCUT2D eigenvalue weighted by Gasteiger charge is -2.23. The van der Waals surface area contributed by atoms with E-state index in [0.717, 1.165) is 34.5 Å². The summed E-state index contributed by atoms with van der Waals surface area (Å²) in [5.41, 5.74) is 3.80. The minimum atomic E-state index is -0.993. The van der Waals surface area contributed by atoms with Crippen molar-refractivity contribution in [2.24, 2.45) is 0 Å². The van der Waals surface area contributed by atoms with Crippen molar-refractivity contribution in [1.29, 1.82) is 0 Å². The topological polar surface area (TPSA) is 59.5 Å². The number of amides is 1. The van der Waals surface area contributed by atoms with Crippen LogP contribution in [0.25, 0.3) is 0 Å². The molecule has 0 N–H and O–H groups in total. The van der Waals surface area contributed by atoms with Gasteiger partial charge in [0.1, 0.15) is 18.2 Å². The van der Waals surface area contributed by atoms with Crippen LogP contribution in [0.15, 0.2) is 35.7 Å². The van der Waals surface area contributed by atoms with Crippen molar-refractivity contribution in [2.75, 3.05) is 4.90 Å². The largest absolute Gasteiger partial charge is 0.455 e. The van der Waals surface area contributed by atoms with Gasteiger partial charge in [-0.25, -0.2) is 18.6 Å². The summed E-state index contributed by atoms with van der Waals surface area (Å²) in [4.78, 5) is 30.4. The predicted octanol–water partition coefficient (Wildman–Crippen LogP) is 5.39. The number of aryl methyl sites for hydroxylation is 3. The Bertz CT molecular complexity index is 1100. The Hall–Kier alpha value is -3.13. The van der Waals surface area contributed by atoms with E-state index >= 15 is 0 Å². The summed E-state index contributed by atoms with van der Waals surface area (Å²) in [6.07, 6.45) is 0. The van der Waals surface area contributed by atoms with Gasteiger partial charge >= 0.3 is 5.97 Å². The van der Waals surface area contributed by atoms with E-state index < -0.39 is 17.6 Å². The molecule has 0 fully saturated rings. The Labute approximate surface area is 176 Å². The number of carbonyl (C=O) groups is 2. The molecule has 0 saturated heterocycles. The smallest absolute Gasteiger partial charge is 0.341 e. The SMILES string of the molecule is CC(=O)N(c1nc(COC(=O)c2ccc(F)cc2F)cs1)c1c(C)cc(C)cc1C. The third kappa shape index (κ3) is 4.54. The first kappa shape index (κ1) is 21.6. The van der Waals surface area contributed by atoms with Gasteiger partial charge in [0.05, 0.1) is 16.9 Å². The molecule has 0 aliphatic heterocycles. The van der Waals surface area contributed by atoms with Gasteiger partial charge in [-0.1, -0.05) is 17.7 Å². The maximum Gasteiger partial charge on any atom is 0.341 e.